The van der Waals surface area contributed by atoms with Crippen LogP contribution in [0.5, 0.6) is 17.2 Å². The molecule has 0 spiro atoms. The molecule has 6 rings (SSSR count). The van der Waals surface area contributed by atoms with E-state index < -0.39 is 66.0 Å². The van der Waals surface area contributed by atoms with E-state index in [1.54, 1.807) is 13.0 Å². The lowest BCUT2D eigenvalue weighted by Crippen LogP contribution is -2.59. The van der Waals surface area contributed by atoms with Gasteiger partial charge in [0, 0.05) is 35.1 Å². The molecule has 2 aliphatic heterocycles. The van der Waals surface area contributed by atoms with Crippen LogP contribution in [-0.4, -0.2) is 94.0 Å². The van der Waals surface area contributed by atoms with Crippen LogP contribution in [-0.2, 0) is 20.7 Å². The van der Waals surface area contributed by atoms with Crippen molar-refractivity contribution in [3.8, 4) is 17.2 Å². The molecule has 4 aliphatic rings. The van der Waals surface area contributed by atoms with Gasteiger partial charge in [-0.05, 0) is 45.3 Å². The number of nitrogens with zero attached hydrogens (tertiary/aromatic N) is 1. The number of carbonyl (C=O) groups is 3. The van der Waals surface area contributed by atoms with Crippen molar-refractivity contribution in [2.75, 3.05) is 26.8 Å². The van der Waals surface area contributed by atoms with Crippen molar-refractivity contribution in [1.29, 1.82) is 0 Å². The Morgan fingerprint density at radius 3 is 2.46 bits per heavy atom. The molecule has 0 radical (unpaired) electrons. The van der Waals surface area contributed by atoms with Gasteiger partial charge in [-0.25, -0.2) is 0 Å². The lowest BCUT2D eigenvalue weighted by Gasteiger charge is -2.47. The molecule has 2 unspecified atom stereocenters. The van der Waals surface area contributed by atoms with Gasteiger partial charge < -0.3 is 34.6 Å². The molecule has 2 heterocycles. The summed E-state index contributed by atoms with van der Waals surface area (Å²) in [6.07, 6.45) is -1.76. The standard InChI is InChI=1S/C30H33NO10/c1-13-26(34)17(31-7-4-8-31)11-21(40-13)41-20-10-14(18(33)12-32)9-16-23(20)30(38)25-24(28(16)36)27(35)15-5-3-6-19(39-2)22(15)29(25)37/h3,5-6,13-14,17,20-21,26,32,34,36,38H,4,7-12H2,1-2H3/t13?,14-,17?,20+,21+,26-/m1/s1. The maximum absolute atomic E-state index is 13.8. The van der Waals surface area contributed by atoms with E-state index >= 15 is 0 Å². The summed E-state index contributed by atoms with van der Waals surface area (Å²) in [7, 11) is 1.37. The molecule has 0 amide bonds. The van der Waals surface area contributed by atoms with Crippen molar-refractivity contribution in [1.82, 2.24) is 4.90 Å². The van der Waals surface area contributed by atoms with Gasteiger partial charge in [-0.15, -0.1) is 0 Å². The van der Waals surface area contributed by atoms with Crippen LogP contribution in [0.25, 0.3) is 0 Å². The molecule has 0 saturated carbocycles. The van der Waals surface area contributed by atoms with Gasteiger partial charge in [-0.3, -0.25) is 19.3 Å². The normalized spacial score (nSPS) is 29.3. The Labute approximate surface area is 236 Å². The summed E-state index contributed by atoms with van der Waals surface area (Å²) >= 11 is 0. The van der Waals surface area contributed by atoms with E-state index in [0.717, 1.165) is 19.5 Å². The highest BCUT2D eigenvalue weighted by Crippen LogP contribution is 2.51. The minimum Gasteiger partial charge on any atom is -0.507 e. The quantitative estimate of drug-likeness (QED) is 0.320. The average molecular weight is 568 g/mol. The summed E-state index contributed by atoms with van der Waals surface area (Å²) in [5.74, 6) is -3.46. The van der Waals surface area contributed by atoms with Crippen LogP contribution in [0.1, 0.15) is 75.3 Å². The predicted octanol–water partition coefficient (Wildman–Crippen LogP) is 1.63. The number of phenolic OH excluding ortho intramolecular Hbond substituents is 2. The number of phenols is 2. The van der Waals surface area contributed by atoms with Gasteiger partial charge in [-0.1, -0.05) is 12.1 Å². The van der Waals surface area contributed by atoms with E-state index in [1.807, 2.05) is 0 Å². The second-order valence-electron chi connectivity index (χ2n) is 11.2. The number of ether oxygens (including phenoxy) is 3. The zero-order valence-electron chi connectivity index (χ0n) is 22.8. The Hall–Kier alpha value is -3.35. The van der Waals surface area contributed by atoms with E-state index in [-0.39, 0.29) is 58.0 Å². The first-order valence-electron chi connectivity index (χ1n) is 13.9. The van der Waals surface area contributed by atoms with E-state index in [1.165, 1.54) is 19.2 Å². The number of hydrogen-bond acceptors (Lipinski definition) is 11. The molecule has 41 heavy (non-hydrogen) atoms. The molecule has 2 aromatic carbocycles. The lowest BCUT2D eigenvalue weighted by molar-refractivity contribution is -0.258. The number of aliphatic hydroxyl groups excluding tert-OH is 2. The first kappa shape index (κ1) is 27.8. The van der Waals surface area contributed by atoms with Crippen molar-refractivity contribution in [2.45, 2.75) is 63.3 Å². The maximum atomic E-state index is 13.8. The highest BCUT2D eigenvalue weighted by molar-refractivity contribution is 6.31. The Morgan fingerprint density at radius 1 is 1.07 bits per heavy atom. The molecular weight excluding hydrogens is 534 g/mol. The van der Waals surface area contributed by atoms with Crippen molar-refractivity contribution in [3.63, 3.8) is 0 Å². The van der Waals surface area contributed by atoms with E-state index in [0.29, 0.717) is 6.42 Å². The van der Waals surface area contributed by atoms with Gasteiger partial charge in [-0.2, -0.15) is 0 Å². The SMILES string of the molecule is COc1cccc2c1C(=O)c1c(O)c3c(c(O)c1C2=O)C[C@@H](C(=O)CO)C[C@@H]3O[C@H]1CC(N2CCC2)[C@H](O)C(C)O1. The fraction of sp³-hybridized carbons (Fsp3) is 0.500. The Morgan fingerprint density at radius 2 is 1.80 bits per heavy atom. The van der Waals surface area contributed by atoms with Gasteiger partial charge in [0.15, 0.2) is 17.9 Å². The van der Waals surface area contributed by atoms with E-state index in [2.05, 4.69) is 4.90 Å². The van der Waals surface area contributed by atoms with E-state index in [9.17, 15) is 34.8 Å². The second-order valence-corrected chi connectivity index (χ2v) is 11.2. The molecule has 0 aromatic heterocycles. The summed E-state index contributed by atoms with van der Waals surface area (Å²) in [6.45, 7) is 2.72. The highest BCUT2D eigenvalue weighted by atomic mass is 16.7. The van der Waals surface area contributed by atoms with Crippen LogP contribution in [0.2, 0.25) is 0 Å². The monoisotopic (exact) mass is 567 g/mol. The number of ketones is 3. The number of Topliss-reactive ketones (excluding diaryl/α,β-unsaturated/α-hetero) is 1. The van der Waals surface area contributed by atoms with E-state index in [4.69, 9.17) is 14.2 Å². The largest absolute Gasteiger partial charge is 0.507 e. The van der Waals surface area contributed by atoms with Gasteiger partial charge in [0.1, 0.15) is 23.9 Å². The van der Waals surface area contributed by atoms with Crippen LogP contribution >= 0.6 is 0 Å². The number of aromatic hydroxyl groups is 2. The Balaban J connectivity index is 1.44. The summed E-state index contributed by atoms with van der Waals surface area (Å²) < 4.78 is 17.7. The predicted molar refractivity (Wildman–Crippen MR) is 142 cm³/mol. The third-order valence-corrected chi connectivity index (χ3v) is 9.00. The molecule has 2 aromatic rings. The first-order chi connectivity index (χ1) is 19.7. The molecule has 4 N–H and O–H groups in total. The van der Waals surface area contributed by atoms with Crippen LogP contribution in [0.4, 0.5) is 0 Å². The third kappa shape index (κ3) is 4.34. The topological polar surface area (TPSA) is 163 Å². The van der Waals surface area contributed by atoms with Crippen LogP contribution < -0.4 is 4.74 Å². The number of fused-ring (bicyclic) bond motifs is 3. The fourth-order valence-corrected chi connectivity index (χ4v) is 6.71. The highest BCUT2D eigenvalue weighted by Gasteiger charge is 2.46. The maximum Gasteiger partial charge on any atom is 0.202 e. The summed E-state index contributed by atoms with van der Waals surface area (Å²) in [5, 5.41) is 43.4. The van der Waals surface area contributed by atoms with Gasteiger partial charge in [0.25, 0.3) is 0 Å². The van der Waals surface area contributed by atoms with Crippen LogP contribution in [0, 0.1) is 5.92 Å². The summed E-state index contributed by atoms with van der Waals surface area (Å²) in [6, 6.07) is 4.33. The lowest BCUT2D eigenvalue weighted by atomic mass is 9.73. The Kier molecular flexibility index (Phi) is 7.11. The van der Waals surface area contributed by atoms with Gasteiger partial charge in [0.2, 0.25) is 5.78 Å². The Bertz CT molecular complexity index is 1430. The molecule has 2 saturated heterocycles. The molecule has 6 atom stereocenters. The van der Waals surface area contributed by atoms with Crippen molar-refractivity contribution in [3.05, 3.63) is 51.6 Å². The number of hydrogen-bond donors (Lipinski definition) is 4. The molecular formula is C30H33NO10. The van der Waals surface area contributed by atoms with Gasteiger partial charge >= 0.3 is 0 Å². The zero-order valence-corrected chi connectivity index (χ0v) is 22.8. The molecule has 218 valence electrons. The number of rotatable bonds is 6. The number of methoxy groups -OCH3 is 1. The van der Waals surface area contributed by atoms with Gasteiger partial charge in [0.05, 0.1) is 42.1 Å². The molecule has 2 fully saturated rings. The molecule has 11 heteroatoms. The second kappa shape index (κ2) is 10.5. The number of carbonyl (C=O) groups excluding carboxylic acids is 3. The number of likely N-dealkylation sites (tertiary alicyclic amines) is 1. The summed E-state index contributed by atoms with van der Waals surface area (Å²) in [4.78, 5) is 42.2. The molecule has 0 bridgehead atoms. The molecule has 2 aliphatic carbocycles. The molecule has 11 nitrogen and oxygen atoms in total. The fourth-order valence-electron chi connectivity index (χ4n) is 6.71. The minimum atomic E-state index is -1.01. The number of benzene rings is 2. The first-order valence-corrected chi connectivity index (χ1v) is 13.9. The number of aliphatic hydroxyl groups is 2. The summed E-state index contributed by atoms with van der Waals surface area (Å²) in [5.41, 5.74) is -0.463. The average Bonchev–Trinajstić information content (AvgIpc) is 2.93. The van der Waals surface area contributed by atoms with Crippen molar-refractivity contribution >= 4 is 17.3 Å². The van der Waals surface area contributed by atoms with Crippen LogP contribution in [0.3, 0.4) is 0 Å². The zero-order chi connectivity index (χ0) is 29.2. The third-order valence-electron chi connectivity index (χ3n) is 9.00. The van der Waals surface area contributed by atoms with Crippen molar-refractivity contribution < 1.29 is 49.0 Å². The van der Waals surface area contributed by atoms with Crippen LogP contribution in [0.15, 0.2) is 18.2 Å². The minimum absolute atomic E-state index is 0.0143. The smallest absolute Gasteiger partial charge is 0.202 e. The van der Waals surface area contributed by atoms with Crippen molar-refractivity contribution in [2.24, 2.45) is 5.92 Å².